The van der Waals surface area contributed by atoms with Crippen molar-refractivity contribution in [3.63, 3.8) is 0 Å². The SMILES string of the molecule is CCOc1nc2oc(C)cc2nc1N(C(=O)Oc1ccccc1)C(=O)Oc1ccccc1N(C(=O)N1CCN(c2cc(F)cc(C(F)(F)F)c2)CC1)c1nc2cc(C)oc2nc1OCC. The lowest BCUT2D eigenvalue weighted by molar-refractivity contribution is -0.137. The number of halogens is 4. The highest BCUT2D eigenvalue weighted by atomic mass is 19.4. The summed E-state index contributed by atoms with van der Waals surface area (Å²) in [6.07, 6.45) is -7.41. The van der Waals surface area contributed by atoms with Crippen LogP contribution in [0.1, 0.15) is 30.9 Å². The van der Waals surface area contributed by atoms with Crippen molar-refractivity contribution in [3.05, 3.63) is 108 Å². The number of piperazine rings is 1. The topological polar surface area (TPSA) is 179 Å². The van der Waals surface area contributed by atoms with Gasteiger partial charge < -0.3 is 37.6 Å². The number of aromatic nitrogens is 4. The number of imide groups is 1. The van der Waals surface area contributed by atoms with Gasteiger partial charge in [-0.25, -0.2) is 33.6 Å². The molecule has 7 aromatic rings. The second-order valence-corrected chi connectivity index (χ2v) is 14.3. The molecule has 5 heterocycles. The third-order valence-corrected chi connectivity index (χ3v) is 9.79. The first-order valence-electron chi connectivity index (χ1n) is 20.1. The van der Waals surface area contributed by atoms with Crippen molar-refractivity contribution in [3.8, 4) is 23.3 Å². The highest BCUT2D eigenvalue weighted by Crippen LogP contribution is 2.41. The first-order valence-corrected chi connectivity index (χ1v) is 20.1. The van der Waals surface area contributed by atoms with E-state index in [-0.39, 0.29) is 102 Å². The standard InChI is InChI=1S/C44H38F4N8O9/c1-5-60-39-35(49-31-20-25(3)62-37(31)51-39)55(41(57)54-18-16-53(17-19-54)29-23-27(44(46,47)48)22-28(45)24-29)33-14-10-11-15-34(33)65-43(59)56(42(58)64-30-12-8-7-9-13-30)36-40(61-6-2)52-38-32(50-36)21-26(4)63-38/h7-15,20-24H,5-6,16-19H2,1-4H3. The average Bonchev–Trinajstić information content (AvgIpc) is 3.83. The molecule has 21 heteroatoms. The van der Waals surface area contributed by atoms with E-state index in [4.69, 9.17) is 32.8 Å². The van der Waals surface area contributed by atoms with Crippen LogP contribution < -0.4 is 33.6 Å². The van der Waals surface area contributed by atoms with E-state index in [1.165, 1.54) is 40.1 Å². The number of nitrogens with zero attached hydrogens (tertiary/aromatic N) is 8. The van der Waals surface area contributed by atoms with Crippen molar-refractivity contribution in [2.75, 3.05) is 54.1 Å². The van der Waals surface area contributed by atoms with Crippen LogP contribution in [0, 0.1) is 19.7 Å². The van der Waals surface area contributed by atoms with Gasteiger partial charge in [0.15, 0.2) is 5.75 Å². The molecule has 0 saturated carbocycles. The third kappa shape index (κ3) is 9.24. The van der Waals surface area contributed by atoms with Gasteiger partial charge in [0, 0.05) is 44.0 Å². The van der Waals surface area contributed by atoms with Crippen LogP contribution in [0.25, 0.3) is 22.5 Å². The maximum Gasteiger partial charge on any atom is 0.431 e. The van der Waals surface area contributed by atoms with Gasteiger partial charge in [-0.1, -0.05) is 30.3 Å². The molecule has 4 amide bonds. The molecule has 0 radical (unpaired) electrons. The number of anilines is 4. The summed E-state index contributed by atoms with van der Waals surface area (Å²) in [5, 5.41) is 0. The monoisotopic (exact) mass is 898 g/mol. The zero-order valence-electron chi connectivity index (χ0n) is 35.1. The number of amides is 4. The molecule has 0 aliphatic carbocycles. The predicted molar refractivity (Wildman–Crippen MR) is 226 cm³/mol. The molecule has 0 bridgehead atoms. The van der Waals surface area contributed by atoms with Crippen LogP contribution in [-0.2, 0) is 6.18 Å². The highest BCUT2D eigenvalue weighted by molar-refractivity contribution is 6.11. The zero-order chi connectivity index (χ0) is 46.0. The van der Waals surface area contributed by atoms with Gasteiger partial charge in [0.05, 0.1) is 24.5 Å². The summed E-state index contributed by atoms with van der Waals surface area (Å²) >= 11 is 0. The van der Waals surface area contributed by atoms with E-state index in [2.05, 4.69) is 15.0 Å². The van der Waals surface area contributed by atoms with Crippen LogP contribution in [0.5, 0.6) is 23.3 Å². The Balaban J connectivity index is 1.19. The van der Waals surface area contributed by atoms with E-state index >= 15 is 4.79 Å². The number of para-hydroxylation sites is 3. The molecule has 17 nitrogen and oxygen atoms in total. The molecule has 1 aliphatic heterocycles. The van der Waals surface area contributed by atoms with E-state index in [0.717, 1.165) is 17.0 Å². The number of aryl methyl sites for hydroxylation is 2. The minimum Gasteiger partial charge on any atom is -0.475 e. The van der Waals surface area contributed by atoms with E-state index in [1.807, 2.05) is 0 Å². The quantitative estimate of drug-likeness (QED) is 0.118. The number of hydrogen-bond donors (Lipinski definition) is 0. The van der Waals surface area contributed by atoms with E-state index in [1.54, 1.807) is 64.1 Å². The molecule has 8 rings (SSSR count). The summed E-state index contributed by atoms with van der Waals surface area (Å²) in [5.74, 6) is -1.35. The molecule has 3 aromatic carbocycles. The number of alkyl halides is 3. The molecular weight excluding hydrogens is 861 g/mol. The minimum atomic E-state index is -4.79. The predicted octanol–water partition coefficient (Wildman–Crippen LogP) is 9.62. The first-order chi connectivity index (χ1) is 31.2. The number of fused-ring (bicyclic) bond motifs is 2. The fourth-order valence-corrected chi connectivity index (χ4v) is 6.94. The van der Waals surface area contributed by atoms with Gasteiger partial charge in [-0.3, -0.25) is 0 Å². The largest absolute Gasteiger partial charge is 0.475 e. The number of carbonyl (C=O) groups excluding carboxylic acids is 3. The Morgan fingerprint density at radius 2 is 1.28 bits per heavy atom. The second-order valence-electron chi connectivity index (χ2n) is 14.3. The number of rotatable bonds is 10. The number of hydrogen-bond acceptors (Lipinski definition) is 14. The molecule has 4 aromatic heterocycles. The van der Waals surface area contributed by atoms with Gasteiger partial charge in [0.2, 0.25) is 23.1 Å². The molecule has 0 unspecified atom stereocenters. The summed E-state index contributed by atoms with van der Waals surface area (Å²) in [4.78, 5) is 66.4. The zero-order valence-corrected chi connectivity index (χ0v) is 35.1. The lowest BCUT2D eigenvalue weighted by Crippen LogP contribution is -2.52. The Labute approximate surface area is 366 Å². The Morgan fingerprint density at radius 1 is 0.708 bits per heavy atom. The minimum absolute atomic E-state index is 0.00311. The molecule has 1 fully saturated rings. The van der Waals surface area contributed by atoms with Gasteiger partial charge in [-0.15, -0.1) is 0 Å². The maximum atomic E-state index is 15.0. The second kappa shape index (κ2) is 18.0. The lowest BCUT2D eigenvalue weighted by atomic mass is 10.1. The highest BCUT2D eigenvalue weighted by Gasteiger charge is 2.38. The Hall–Kier alpha value is -7.97. The van der Waals surface area contributed by atoms with E-state index in [0.29, 0.717) is 22.5 Å². The number of benzene rings is 3. The maximum absolute atomic E-state index is 15.0. The Morgan fingerprint density at radius 3 is 1.89 bits per heavy atom. The van der Waals surface area contributed by atoms with Gasteiger partial charge in [0.25, 0.3) is 11.8 Å². The van der Waals surface area contributed by atoms with Crippen molar-refractivity contribution in [2.45, 2.75) is 33.9 Å². The summed E-state index contributed by atoms with van der Waals surface area (Å²) in [7, 11) is 0. The van der Waals surface area contributed by atoms with Crippen molar-refractivity contribution in [1.29, 1.82) is 0 Å². The van der Waals surface area contributed by atoms with Crippen molar-refractivity contribution in [1.82, 2.24) is 24.8 Å². The van der Waals surface area contributed by atoms with Crippen LogP contribution in [0.4, 0.5) is 55.0 Å². The van der Waals surface area contributed by atoms with E-state index < -0.39 is 41.6 Å². The number of carbonyl (C=O) groups is 3. The fourth-order valence-electron chi connectivity index (χ4n) is 6.94. The Kier molecular flexibility index (Phi) is 12.1. The van der Waals surface area contributed by atoms with Crippen molar-refractivity contribution < 1.29 is 59.7 Å². The first kappa shape index (κ1) is 43.7. The van der Waals surface area contributed by atoms with Crippen molar-refractivity contribution in [2.24, 2.45) is 0 Å². The normalized spacial score (nSPS) is 12.9. The smallest absolute Gasteiger partial charge is 0.431 e. The van der Waals surface area contributed by atoms with Crippen LogP contribution in [0.2, 0.25) is 0 Å². The summed E-state index contributed by atoms with van der Waals surface area (Å²) < 4.78 is 89.9. The lowest BCUT2D eigenvalue weighted by Gasteiger charge is -2.38. The average molecular weight is 899 g/mol. The molecule has 0 spiro atoms. The molecule has 1 saturated heterocycles. The molecule has 0 N–H and O–H groups in total. The van der Waals surface area contributed by atoms with Gasteiger partial charge >= 0.3 is 24.4 Å². The number of urea groups is 1. The third-order valence-electron chi connectivity index (χ3n) is 9.79. The summed E-state index contributed by atoms with van der Waals surface area (Å²) in [6.45, 7) is 6.67. The molecule has 1 aliphatic rings. The van der Waals surface area contributed by atoms with Gasteiger partial charge in [-0.05, 0) is 70.2 Å². The summed E-state index contributed by atoms with van der Waals surface area (Å²) in [6, 6.07) is 18.4. The molecule has 0 atom stereocenters. The van der Waals surface area contributed by atoms with Crippen LogP contribution in [-0.4, -0.2) is 82.4 Å². The van der Waals surface area contributed by atoms with E-state index in [9.17, 15) is 27.2 Å². The summed E-state index contributed by atoms with van der Waals surface area (Å²) in [5.41, 5.74) is -0.666. The number of furan rings is 2. The fraction of sp³-hybridized carbons (Fsp3) is 0.250. The van der Waals surface area contributed by atoms with Crippen LogP contribution >= 0.6 is 0 Å². The molecule has 65 heavy (non-hydrogen) atoms. The van der Waals surface area contributed by atoms with Gasteiger partial charge in [0.1, 0.15) is 34.1 Å². The van der Waals surface area contributed by atoms with Gasteiger partial charge in [-0.2, -0.15) is 28.0 Å². The Bertz CT molecular complexity index is 2900. The molecular formula is C44H38F4N8O9. The number of ether oxygens (including phenoxy) is 4. The van der Waals surface area contributed by atoms with Crippen molar-refractivity contribution >= 4 is 63.7 Å². The molecule has 336 valence electrons. The van der Waals surface area contributed by atoms with Crippen LogP contribution in [0.3, 0.4) is 0 Å². The van der Waals surface area contributed by atoms with Crippen LogP contribution in [0.15, 0.2) is 93.8 Å².